The van der Waals surface area contributed by atoms with Crippen LogP contribution in [0.1, 0.15) is 16.7 Å². The molecule has 0 saturated carbocycles. The van der Waals surface area contributed by atoms with Crippen molar-refractivity contribution in [2.24, 2.45) is 0 Å². The number of carbonyl (C=O) groups excluding carboxylic acids is 2. The molecule has 1 aliphatic rings. The minimum Gasteiger partial charge on any atom is -0.321 e. The Hall–Kier alpha value is -3.82. The average Bonchev–Trinajstić information content (AvgIpc) is 3.13. The Morgan fingerprint density at radius 2 is 1.67 bits per heavy atom. The normalized spacial score (nSPS) is 16.9. The molecule has 1 saturated heterocycles. The molecule has 1 unspecified atom stereocenters. The number of hydrogen-bond donors (Lipinski definition) is 1. The Morgan fingerprint density at radius 3 is 2.33 bits per heavy atom. The predicted molar refractivity (Wildman–Crippen MR) is 133 cm³/mol. The van der Waals surface area contributed by atoms with Gasteiger partial charge in [-0.25, -0.2) is 0 Å². The Balaban J connectivity index is 1.72. The lowest BCUT2D eigenvalue weighted by Gasteiger charge is -2.18. The molecule has 1 N–H and O–H groups in total. The van der Waals surface area contributed by atoms with Crippen LogP contribution in [0.25, 0.3) is 0 Å². The fourth-order valence-corrected chi connectivity index (χ4v) is 4.94. The lowest BCUT2D eigenvalue weighted by Crippen LogP contribution is -2.30. The third-order valence-corrected chi connectivity index (χ3v) is 6.72. The van der Waals surface area contributed by atoms with Crippen LogP contribution in [0, 0.1) is 25.2 Å². The molecule has 6 heteroatoms. The van der Waals surface area contributed by atoms with Crippen molar-refractivity contribution in [2.45, 2.75) is 25.5 Å². The molecular weight excluding hydrogens is 430 g/mol. The molecule has 1 fully saturated rings. The first-order valence-electron chi connectivity index (χ1n) is 10.6. The third-order valence-electron chi connectivity index (χ3n) is 5.45. The van der Waals surface area contributed by atoms with Crippen LogP contribution >= 0.6 is 11.8 Å². The van der Waals surface area contributed by atoms with E-state index in [0.29, 0.717) is 22.8 Å². The molecule has 3 aromatic rings. The summed E-state index contributed by atoms with van der Waals surface area (Å²) in [7, 11) is 0. The van der Waals surface area contributed by atoms with Crippen molar-refractivity contribution in [3.63, 3.8) is 0 Å². The second kappa shape index (κ2) is 9.76. The zero-order valence-electron chi connectivity index (χ0n) is 18.4. The maximum atomic E-state index is 13.5. The van der Waals surface area contributed by atoms with Gasteiger partial charge in [-0.1, -0.05) is 78.0 Å². The Labute approximate surface area is 197 Å². The van der Waals surface area contributed by atoms with Crippen molar-refractivity contribution >= 4 is 35.0 Å². The molecular formula is C27H23N3O2S. The average molecular weight is 454 g/mol. The molecule has 0 aliphatic carbocycles. The van der Waals surface area contributed by atoms with Gasteiger partial charge in [-0.15, -0.1) is 0 Å². The van der Waals surface area contributed by atoms with E-state index in [2.05, 4.69) is 5.32 Å². The van der Waals surface area contributed by atoms with Gasteiger partial charge in [0.2, 0.25) is 5.91 Å². The molecule has 4 rings (SSSR count). The van der Waals surface area contributed by atoms with Crippen LogP contribution < -0.4 is 10.2 Å². The maximum Gasteiger partial charge on any atom is 0.269 e. The van der Waals surface area contributed by atoms with Gasteiger partial charge in [0.05, 0.1) is 5.25 Å². The molecule has 2 amide bonds. The summed E-state index contributed by atoms with van der Waals surface area (Å²) < 4.78 is 0. The Kier molecular flexibility index (Phi) is 6.62. The quantitative estimate of drug-likeness (QED) is 0.416. The van der Waals surface area contributed by atoms with E-state index < -0.39 is 11.2 Å². The lowest BCUT2D eigenvalue weighted by molar-refractivity contribution is -0.117. The van der Waals surface area contributed by atoms with Gasteiger partial charge in [-0.3, -0.25) is 14.5 Å². The van der Waals surface area contributed by atoms with Crippen molar-refractivity contribution in [3.8, 4) is 6.07 Å². The molecule has 33 heavy (non-hydrogen) atoms. The first kappa shape index (κ1) is 22.4. The summed E-state index contributed by atoms with van der Waals surface area (Å²) in [5.74, 6) is -0.669. The number of benzene rings is 3. The van der Waals surface area contributed by atoms with Gasteiger partial charge in [-0.05, 0) is 49.6 Å². The third kappa shape index (κ3) is 4.84. The highest BCUT2D eigenvalue weighted by Gasteiger charge is 2.40. The summed E-state index contributed by atoms with van der Waals surface area (Å²) in [5.41, 5.74) is 4.26. The first-order chi connectivity index (χ1) is 16.0. The standard InChI is InChI=1S/C27H23N3O2S/c1-18-12-14-20(15-13-18)16-24-26(32)30(21-9-4-3-5-10-21)27(33-24)22(17-28)25(31)29-23-11-7-6-8-19(23)2/h3-15,24H,16H2,1-2H3,(H,29,31). The number of amides is 2. The van der Waals surface area contributed by atoms with Crippen molar-refractivity contribution in [2.75, 3.05) is 10.2 Å². The predicted octanol–water partition coefficient (Wildman–Crippen LogP) is 5.37. The molecule has 0 aromatic heterocycles. The van der Waals surface area contributed by atoms with Gasteiger partial charge < -0.3 is 5.32 Å². The molecule has 164 valence electrons. The SMILES string of the molecule is Cc1ccc(CC2SC(=C(C#N)C(=O)Nc3ccccc3C)N(c3ccccc3)C2=O)cc1. The highest BCUT2D eigenvalue weighted by molar-refractivity contribution is 8.05. The van der Waals surface area contributed by atoms with E-state index in [9.17, 15) is 14.9 Å². The largest absolute Gasteiger partial charge is 0.321 e. The summed E-state index contributed by atoms with van der Waals surface area (Å²) in [6.45, 7) is 3.90. The number of nitrogens with zero attached hydrogens (tertiary/aromatic N) is 2. The number of para-hydroxylation sites is 2. The maximum absolute atomic E-state index is 13.5. The number of nitrogens with one attached hydrogen (secondary N) is 1. The molecule has 1 aliphatic heterocycles. The van der Waals surface area contributed by atoms with Gasteiger partial charge >= 0.3 is 0 Å². The van der Waals surface area contributed by atoms with Crippen molar-refractivity contribution in [3.05, 3.63) is 106 Å². The lowest BCUT2D eigenvalue weighted by atomic mass is 10.1. The summed E-state index contributed by atoms with van der Waals surface area (Å²) >= 11 is 1.27. The summed E-state index contributed by atoms with van der Waals surface area (Å²) in [6, 6.07) is 26.6. The van der Waals surface area contributed by atoms with Gasteiger partial charge in [0.15, 0.2) is 0 Å². The number of nitriles is 1. The minimum absolute atomic E-state index is 0.0770. The van der Waals surface area contributed by atoms with E-state index >= 15 is 0 Å². The van der Waals surface area contributed by atoms with E-state index in [1.807, 2.05) is 80.6 Å². The van der Waals surface area contributed by atoms with Crippen molar-refractivity contribution in [1.82, 2.24) is 0 Å². The second-order valence-electron chi connectivity index (χ2n) is 7.87. The van der Waals surface area contributed by atoms with E-state index in [1.165, 1.54) is 16.7 Å². The summed E-state index contributed by atoms with van der Waals surface area (Å²) in [5, 5.41) is 12.7. The topological polar surface area (TPSA) is 73.2 Å². The van der Waals surface area contributed by atoms with Gasteiger partial charge in [0, 0.05) is 11.4 Å². The van der Waals surface area contributed by atoms with Crippen LogP contribution in [0.4, 0.5) is 11.4 Å². The number of hydrogen-bond acceptors (Lipinski definition) is 4. The fraction of sp³-hybridized carbons (Fsp3) is 0.148. The Bertz CT molecular complexity index is 1260. The molecule has 0 radical (unpaired) electrons. The number of thioether (sulfide) groups is 1. The number of rotatable bonds is 5. The van der Waals surface area contributed by atoms with Crippen LogP contribution in [0.15, 0.2) is 89.5 Å². The van der Waals surface area contributed by atoms with Crippen molar-refractivity contribution < 1.29 is 9.59 Å². The van der Waals surface area contributed by atoms with E-state index in [1.54, 1.807) is 18.2 Å². The molecule has 5 nitrogen and oxygen atoms in total. The highest BCUT2D eigenvalue weighted by Crippen LogP contribution is 2.42. The number of carbonyl (C=O) groups is 2. The van der Waals surface area contributed by atoms with Crippen LogP contribution in [0.2, 0.25) is 0 Å². The van der Waals surface area contributed by atoms with Gasteiger partial charge in [-0.2, -0.15) is 5.26 Å². The molecule has 3 aromatic carbocycles. The van der Waals surface area contributed by atoms with Crippen LogP contribution in [0.3, 0.4) is 0 Å². The summed E-state index contributed by atoms with van der Waals surface area (Å²) in [4.78, 5) is 28.1. The molecule has 1 heterocycles. The van der Waals surface area contributed by atoms with Crippen molar-refractivity contribution in [1.29, 1.82) is 5.26 Å². The molecule has 1 atom stereocenters. The zero-order chi connectivity index (χ0) is 23.4. The minimum atomic E-state index is -0.529. The van der Waals surface area contributed by atoms with Crippen LogP contribution in [0.5, 0.6) is 0 Å². The van der Waals surface area contributed by atoms with Gasteiger partial charge in [0.25, 0.3) is 5.91 Å². The summed E-state index contributed by atoms with van der Waals surface area (Å²) in [6.07, 6.45) is 0.509. The second-order valence-corrected chi connectivity index (χ2v) is 9.06. The number of anilines is 2. The first-order valence-corrected chi connectivity index (χ1v) is 11.5. The Morgan fingerprint density at radius 1 is 1.00 bits per heavy atom. The zero-order valence-corrected chi connectivity index (χ0v) is 19.2. The molecule has 0 spiro atoms. The monoisotopic (exact) mass is 453 g/mol. The van der Waals surface area contributed by atoms with E-state index in [-0.39, 0.29) is 11.5 Å². The van der Waals surface area contributed by atoms with Crippen LogP contribution in [-0.2, 0) is 16.0 Å². The highest BCUT2D eigenvalue weighted by atomic mass is 32.2. The number of aryl methyl sites for hydroxylation is 2. The smallest absolute Gasteiger partial charge is 0.269 e. The molecule has 0 bridgehead atoms. The van der Waals surface area contributed by atoms with E-state index in [0.717, 1.165) is 16.7 Å². The van der Waals surface area contributed by atoms with Gasteiger partial charge in [0.1, 0.15) is 16.7 Å². The van der Waals surface area contributed by atoms with E-state index in [4.69, 9.17) is 0 Å². The van der Waals surface area contributed by atoms with Crippen LogP contribution in [-0.4, -0.2) is 17.1 Å². The fourth-order valence-electron chi connectivity index (χ4n) is 3.64.